The van der Waals surface area contributed by atoms with E-state index in [4.69, 9.17) is 10.8 Å². The minimum absolute atomic E-state index is 0.0623. The number of carbonyl (C=O) groups is 3. The molecule has 9 heteroatoms. The van der Waals surface area contributed by atoms with Crippen molar-refractivity contribution in [3.63, 3.8) is 0 Å². The molecule has 3 amide bonds. The summed E-state index contributed by atoms with van der Waals surface area (Å²) in [4.78, 5) is 40.0. The molecule has 0 saturated heterocycles. The van der Waals surface area contributed by atoms with E-state index in [0.717, 1.165) is 0 Å². The van der Waals surface area contributed by atoms with Gasteiger partial charge in [-0.3, -0.25) is 4.79 Å². The molecule has 9 nitrogen and oxygen atoms in total. The van der Waals surface area contributed by atoms with E-state index in [1.807, 2.05) is 0 Å². The number of urea groups is 1. The Morgan fingerprint density at radius 2 is 2.15 bits per heavy atom. The van der Waals surface area contributed by atoms with Gasteiger partial charge >= 0.3 is 12.0 Å². The van der Waals surface area contributed by atoms with Gasteiger partial charge in [0.2, 0.25) is 5.91 Å². The smallest absolute Gasteiger partial charge is 0.326 e. The van der Waals surface area contributed by atoms with E-state index in [1.165, 1.54) is 0 Å². The number of rotatable bonds is 7. The Labute approximate surface area is 114 Å². The number of hydrogen-bond acceptors (Lipinski definition) is 4. The van der Waals surface area contributed by atoms with Gasteiger partial charge in [-0.25, -0.2) is 14.6 Å². The van der Waals surface area contributed by atoms with Gasteiger partial charge in [0.25, 0.3) is 0 Å². The van der Waals surface area contributed by atoms with Crippen molar-refractivity contribution in [3.05, 3.63) is 18.2 Å². The predicted molar refractivity (Wildman–Crippen MR) is 68.5 cm³/mol. The van der Waals surface area contributed by atoms with Crippen molar-refractivity contribution in [2.45, 2.75) is 31.8 Å². The van der Waals surface area contributed by atoms with Crippen LogP contribution in [0.1, 0.15) is 31.6 Å². The molecule has 110 valence electrons. The highest BCUT2D eigenvalue weighted by atomic mass is 16.4. The minimum Gasteiger partial charge on any atom is -0.480 e. The van der Waals surface area contributed by atoms with Crippen molar-refractivity contribution in [1.82, 2.24) is 20.6 Å². The fourth-order valence-electron chi connectivity index (χ4n) is 1.52. The van der Waals surface area contributed by atoms with E-state index in [0.29, 0.717) is 5.82 Å². The largest absolute Gasteiger partial charge is 0.480 e. The van der Waals surface area contributed by atoms with Crippen LogP contribution in [0.15, 0.2) is 12.4 Å². The molecule has 1 aromatic heterocycles. The molecule has 0 fully saturated rings. The van der Waals surface area contributed by atoms with Crippen molar-refractivity contribution < 1.29 is 19.5 Å². The average Bonchev–Trinajstić information content (AvgIpc) is 2.87. The third-order valence-corrected chi connectivity index (χ3v) is 2.56. The van der Waals surface area contributed by atoms with Gasteiger partial charge in [-0.05, 0) is 13.3 Å². The standard InChI is InChI=1S/C11H17N5O4/c1-6(9-13-4-5-14-9)15-11(20)16-7(10(18)19)2-3-8(12)17/h4-7H,2-3H2,1H3,(H2,12,17)(H,13,14)(H,18,19)(H2,15,16,20)/t6?,7-/m1/s1. The molecular formula is C11H17N5O4. The van der Waals surface area contributed by atoms with Crippen LogP contribution in [0.3, 0.4) is 0 Å². The maximum absolute atomic E-state index is 11.7. The van der Waals surface area contributed by atoms with Gasteiger partial charge in [0, 0.05) is 18.8 Å². The second-order valence-corrected chi connectivity index (χ2v) is 4.21. The average molecular weight is 283 g/mol. The molecule has 1 heterocycles. The molecule has 0 radical (unpaired) electrons. The number of aliphatic carboxylic acids is 1. The van der Waals surface area contributed by atoms with Crippen LogP contribution < -0.4 is 16.4 Å². The summed E-state index contributed by atoms with van der Waals surface area (Å²) in [6, 6.07) is -2.24. The summed E-state index contributed by atoms with van der Waals surface area (Å²) in [5.74, 6) is -1.31. The first-order valence-corrected chi connectivity index (χ1v) is 5.97. The van der Waals surface area contributed by atoms with Crippen LogP contribution in [0.4, 0.5) is 4.79 Å². The molecule has 0 saturated carbocycles. The van der Waals surface area contributed by atoms with Gasteiger partial charge in [0.15, 0.2) is 0 Å². The number of nitrogens with zero attached hydrogens (tertiary/aromatic N) is 1. The molecular weight excluding hydrogens is 266 g/mol. The summed E-state index contributed by atoms with van der Waals surface area (Å²) in [6.07, 6.45) is 2.97. The zero-order valence-electron chi connectivity index (χ0n) is 10.9. The van der Waals surface area contributed by atoms with Gasteiger partial charge in [-0.1, -0.05) is 0 Å². The molecule has 1 aromatic rings. The Hall–Kier alpha value is -2.58. The predicted octanol–water partition coefficient (Wildman–Crippen LogP) is -0.511. The zero-order chi connectivity index (χ0) is 15.1. The van der Waals surface area contributed by atoms with Crippen LogP contribution in [0.5, 0.6) is 0 Å². The molecule has 6 N–H and O–H groups in total. The second-order valence-electron chi connectivity index (χ2n) is 4.21. The summed E-state index contributed by atoms with van der Waals surface area (Å²) >= 11 is 0. The van der Waals surface area contributed by atoms with Gasteiger partial charge < -0.3 is 26.5 Å². The number of carboxylic acids is 1. The number of amides is 3. The number of hydrogen-bond donors (Lipinski definition) is 5. The minimum atomic E-state index is -1.23. The maximum atomic E-state index is 11.7. The first-order chi connectivity index (χ1) is 9.40. The Bertz CT molecular complexity index is 473. The molecule has 0 spiro atoms. The lowest BCUT2D eigenvalue weighted by Crippen LogP contribution is -2.47. The lowest BCUT2D eigenvalue weighted by molar-refractivity contribution is -0.139. The highest BCUT2D eigenvalue weighted by molar-refractivity contribution is 5.83. The Morgan fingerprint density at radius 3 is 2.65 bits per heavy atom. The number of nitrogens with one attached hydrogen (secondary N) is 3. The normalized spacial score (nSPS) is 13.2. The summed E-state index contributed by atoms with van der Waals surface area (Å²) < 4.78 is 0. The Kier molecular flexibility index (Phi) is 5.51. The zero-order valence-corrected chi connectivity index (χ0v) is 10.9. The third kappa shape index (κ3) is 4.96. The van der Waals surface area contributed by atoms with Crippen molar-refractivity contribution in [1.29, 1.82) is 0 Å². The van der Waals surface area contributed by atoms with Crippen molar-refractivity contribution in [2.75, 3.05) is 0 Å². The number of primary amides is 1. The SMILES string of the molecule is CC(NC(=O)N[C@H](CCC(N)=O)C(=O)O)c1ncc[nH]1. The molecule has 1 unspecified atom stereocenters. The van der Waals surface area contributed by atoms with Crippen LogP contribution >= 0.6 is 0 Å². The number of aromatic amines is 1. The van der Waals surface area contributed by atoms with Gasteiger partial charge in [0.1, 0.15) is 11.9 Å². The van der Waals surface area contributed by atoms with Crippen LogP contribution in [-0.4, -0.2) is 39.0 Å². The van der Waals surface area contributed by atoms with E-state index >= 15 is 0 Å². The molecule has 1 rings (SSSR count). The fraction of sp³-hybridized carbons (Fsp3) is 0.455. The van der Waals surface area contributed by atoms with Crippen molar-refractivity contribution in [3.8, 4) is 0 Å². The highest BCUT2D eigenvalue weighted by Gasteiger charge is 2.21. The van der Waals surface area contributed by atoms with Crippen LogP contribution in [0, 0.1) is 0 Å². The van der Waals surface area contributed by atoms with E-state index in [2.05, 4.69) is 20.6 Å². The quantitative estimate of drug-likeness (QED) is 0.456. The molecule has 0 aromatic carbocycles. The van der Waals surface area contributed by atoms with Crippen molar-refractivity contribution >= 4 is 17.9 Å². The molecule has 2 atom stereocenters. The van der Waals surface area contributed by atoms with E-state index < -0.39 is 30.0 Å². The molecule has 0 bridgehead atoms. The Balaban J connectivity index is 2.49. The molecule has 0 aliphatic carbocycles. The molecule has 0 aliphatic heterocycles. The summed E-state index contributed by atoms with van der Waals surface area (Å²) in [5, 5.41) is 13.7. The third-order valence-electron chi connectivity index (χ3n) is 2.56. The fourth-order valence-corrected chi connectivity index (χ4v) is 1.52. The second kappa shape index (κ2) is 7.12. The first-order valence-electron chi connectivity index (χ1n) is 5.97. The number of carboxylic acid groups (broad SMARTS) is 1. The summed E-state index contributed by atoms with van der Waals surface area (Å²) in [6.45, 7) is 1.69. The number of H-pyrrole nitrogens is 1. The maximum Gasteiger partial charge on any atom is 0.326 e. The van der Waals surface area contributed by atoms with Crippen LogP contribution in [0.2, 0.25) is 0 Å². The number of imidazole rings is 1. The van der Waals surface area contributed by atoms with E-state index in [-0.39, 0.29) is 12.8 Å². The number of nitrogens with two attached hydrogens (primary N) is 1. The van der Waals surface area contributed by atoms with Crippen LogP contribution in [-0.2, 0) is 9.59 Å². The summed E-state index contributed by atoms with van der Waals surface area (Å²) in [7, 11) is 0. The van der Waals surface area contributed by atoms with E-state index in [9.17, 15) is 14.4 Å². The lowest BCUT2D eigenvalue weighted by atomic mass is 10.1. The van der Waals surface area contributed by atoms with Crippen LogP contribution in [0.25, 0.3) is 0 Å². The van der Waals surface area contributed by atoms with Crippen molar-refractivity contribution in [2.24, 2.45) is 5.73 Å². The van der Waals surface area contributed by atoms with Gasteiger partial charge in [0.05, 0.1) is 6.04 Å². The lowest BCUT2D eigenvalue weighted by Gasteiger charge is -2.17. The van der Waals surface area contributed by atoms with Gasteiger partial charge in [-0.15, -0.1) is 0 Å². The highest BCUT2D eigenvalue weighted by Crippen LogP contribution is 2.05. The summed E-state index contributed by atoms with van der Waals surface area (Å²) in [5.41, 5.74) is 4.94. The topological polar surface area (TPSA) is 150 Å². The van der Waals surface area contributed by atoms with Gasteiger partial charge in [-0.2, -0.15) is 0 Å². The number of carbonyl (C=O) groups excluding carboxylic acids is 2. The Morgan fingerprint density at radius 1 is 1.45 bits per heavy atom. The first kappa shape index (κ1) is 15.5. The number of aromatic nitrogens is 2. The monoisotopic (exact) mass is 283 g/mol. The van der Waals surface area contributed by atoms with E-state index in [1.54, 1.807) is 19.3 Å². The molecule has 20 heavy (non-hydrogen) atoms. The molecule has 0 aliphatic rings.